The molecule has 0 spiro atoms. The molecule has 3 aromatic carbocycles. The number of para-hydroxylation sites is 1. The van der Waals surface area contributed by atoms with E-state index in [1.54, 1.807) is 6.07 Å². The Kier molecular flexibility index (Phi) is 4.14. The summed E-state index contributed by atoms with van der Waals surface area (Å²) < 4.78 is 0. The normalized spacial score (nSPS) is 12.7. The van der Waals surface area contributed by atoms with Crippen LogP contribution < -0.4 is 5.73 Å². The topological polar surface area (TPSA) is 46.2 Å². The maximum Gasteiger partial charge on any atom is 0.179 e. The quantitative estimate of drug-likeness (QED) is 0.561. The Balaban J connectivity index is 2.16. The number of hydrogen-bond donors (Lipinski definition) is 2. The summed E-state index contributed by atoms with van der Waals surface area (Å²) in [5, 5.41) is 11.3. The zero-order valence-electron chi connectivity index (χ0n) is 12.6. The van der Waals surface area contributed by atoms with E-state index in [9.17, 15) is 5.11 Å². The fourth-order valence-corrected chi connectivity index (χ4v) is 2.48. The lowest BCUT2D eigenvalue weighted by molar-refractivity contribution is 0.146. The first-order valence-electron chi connectivity index (χ1n) is 7.41. The first kappa shape index (κ1) is 14.9. The number of rotatable bonds is 2. The maximum atomic E-state index is 11.3. The van der Waals surface area contributed by atoms with Crippen LogP contribution in [0.4, 0.5) is 5.69 Å². The molecule has 0 bridgehead atoms. The second-order valence-corrected chi connectivity index (χ2v) is 5.28. The highest BCUT2D eigenvalue weighted by Gasteiger charge is 2.31. The van der Waals surface area contributed by atoms with Gasteiger partial charge in [-0.25, -0.2) is 0 Å². The van der Waals surface area contributed by atoms with Gasteiger partial charge in [0.25, 0.3) is 0 Å². The monoisotopic (exact) mass is 299 g/mol. The van der Waals surface area contributed by atoms with E-state index in [4.69, 9.17) is 5.73 Å². The van der Waals surface area contributed by atoms with Gasteiger partial charge in [-0.05, 0) is 18.2 Å². The van der Waals surface area contributed by atoms with E-state index in [1.165, 1.54) is 0 Å². The van der Waals surface area contributed by atoms with E-state index in [0.29, 0.717) is 16.8 Å². The Labute approximate surface area is 136 Å². The lowest BCUT2D eigenvalue weighted by atomic mass is 9.85. The fourth-order valence-electron chi connectivity index (χ4n) is 2.48. The van der Waals surface area contributed by atoms with Gasteiger partial charge in [-0.15, -0.1) is 0 Å². The molecule has 23 heavy (non-hydrogen) atoms. The minimum absolute atomic E-state index is 0.515. The zero-order valence-corrected chi connectivity index (χ0v) is 12.6. The molecule has 0 aliphatic rings. The van der Waals surface area contributed by atoms with Crippen LogP contribution in [0, 0.1) is 11.8 Å². The van der Waals surface area contributed by atoms with Crippen LogP contribution >= 0.6 is 0 Å². The van der Waals surface area contributed by atoms with Crippen LogP contribution in [-0.2, 0) is 5.60 Å². The van der Waals surface area contributed by atoms with Crippen LogP contribution in [0.25, 0.3) is 0 Å². The molecule has 112 valence electrons. The highest BCUT2D eigenvalue weighted by Crippen LogP contribution is 2.32. The molecule has 3 aromatic rings. The van der Waals surface area contributed by atoms with Gasteiger partial charge in [0.05, 0.1) is 0 Å². The molecule has 0 aromatic heterocycles. The van der Waals surface area contributed by atoms with Crippen LogP contribution in [0.15, 0.2) is 84.9 Å². The molecule has 2 heteroatoms. The SMILES string of the molecule is Nc1ccccc1C(O)(C#Cc1ccccc1)c1ccccc1. The van der Waals surface area contributed by atoms with Crippen LogP contribution in [0.3, 0.4) is 0 Å². The molecule has 1 unspecified atom stereocenters. The van der Waals surface area contributed by atoms with Crippen molar-refractivity contribution in [3.63, 3.8) is 0 Å². The molecule has 1 atom stereocenters. The van der Waals surface area contributed by atoms with Gasteiger partial charge < -0.3 is 10.8 Å². The zero-order chi connectivity index (χ0) is 16.1. The molecular weight excluding hydrogens is 282 g/mol. The minimum atomic E-state index is -1.46. The molecule has 0 aliphatic heterocycles. The molecule has 0 radical (unpaired) electrons. The lowest BCUT2D eigenvalue weighted by Crippen LogP contribution is -2.26. The van der Waals surface area contributed by atoms with E-state index in [-0.39, 0.29) is 0 Å². The number of benzene rings is 3. The van der Waals surface area contributed by atoms with Crippen LogP contribution in [0.2, 0.25) is 0 Å². The van der Waals surface area contributed by atoms with Crippen LogP contribution in [0.5, 0.6) is 0 Å². The van der Waals surface area contributed by atoms with Gasteiger partial charge in [0, 0.05) is 22.4 Å². The van der Waals surface area contributed by atoms with Crippen molar-refractivity contribution in [3.8, 4) is 11.8 Å². The van der Waals surface area contributed by atoms with Gasteiger partial charge in [0.1, 0.15) is 0 Å². The number of nitrogen functional groups attached to an aromatic ring is 1. The standard InChI is InChI=1S/C21H17NO/c22-20-14-8-7-13-19(20)21(23,18-11-5-2-6-12-18)16-15-17-9-3-1-4-10-17/h1-14,23H,22H2. The van der Waals surface area contributed by atoms with Crippen molar-refractivity contribution in [2.75, 3.05) is 5.73 Å². The van der Waals surface area contributed by atoms with Gasteiger partial charge in [-0.2, -0.15) is 0 Å². The Morgan fingerprint density at radius 1 is 0.739 bits per heavy atom. The van der Waals surface area contributed by atoms with Gasteiger partial charge in [0.2, 0.25) is 0 Å². The second kappa shape index (κ2) is 6.39. The van der Waals surface area contributed by atoms with Crippen molar-refractivity contribution < 1.29 is 5.11 Å². The maximum absolute atomic E-state index is 11.3. The molecule has 0 aliphatic carbocycles. The fraction of sp³-hybridized carbons (Fsp3) is 0.0476. The summed E-state index contributed by atoms with van der Waals surface area (Å²) in [5.41, 5.74) is 7.28. The average Bonchev–Trinajstić information content (AvgIpc) is 2.62. The van der Waals surface area contributed by atoms with Crippen LogP contribution in [0.1, 0.15) is 16.7 Å². The summed E-state index contributed by atoms with van der Waals surface area (Å²) in [6.45, 7) is 0. The molecular formula is C21H17NO. The van der Waals surface area contributed by atoms with Gasteiger partial charge in [0.15, 0.2) is 5.60 Å². The van der Waals surface area contributed by atoms with Crippen molar-refractivity contribution in [2.24, 2.45) is 0 Å². The highest BCUT2D eigenvalue weighted by atomic mass is 16.3. The Morgan fingerprint density at radius 3 is 1.96 bits per heavy atom. The first-order chi connectivity index (χ1) is 11.2. The second-order valence-electron chi connectivity index (χ2n) is 5.28. The first-order valence-corrected chi connectivity index (χ1v) is 7.41. The highest BCUT2D eigenvalue weighted by molar-refractivity contribution is 5.58. The van der Waals surface area contributed by atoms with E-state index in [0.717, 1.165) is 5.56 Å². The Morgan fingerprint density at radius 2 is 1.30 bits per heavy atom. The van der Waals surface area contributed by atoms with Gasteiger partial charge in [-0.1, -0.05) is 78.6 Å². The smallest absolute Gasteiger partial charge is 0.179 e. The lowest BCUT2D eigenvalue weighted by Gasteiger charge is -2.25. The predicted octanol–water partition coefficient (Wildman–Crippen LogP) is 3.56. The molecule has 0 heterocycles. The van der Waals surface area contributed by atoms with E-state index in [1.807, 2.05) is 78.9 Å². The molecule has 0 saturated heterocycles. The Hall–Kier alpha value is -3.02. The predicted molar refractivity (Wildman–Crippen MR) is 93.6 cm³/mol. The van der Waals surface area contributed by atoms with Gasteiger partial charge in [-0.3, -0.25) is 0 Å². The summed E-state index contributed by atoms with van der Waals surface area (Å²) in [4.78, 5) is 0. The summed E-state index contributed by atoms with van der Waals surface area (Å²) in [6, 6.07) is 26.2. The molecule has 3 rings (SSSR count). The minimum Gasteiger partial charge on any atom is -0.398 e. The molecule has 2 nitrogen and oxygen atoms in total. The van der Waals surface area contributed by atoms with E-state index in [2.05, 4.69) is 11.8 Å². The number of anilines is 1. The molecule has 3 N–H and O–H groups in total. The summed E-state index contributed by atoms with van der Waals surface area (Å²) in [6.07, 6.45) is 0. The Bertz CT molecular complexity index is 847. The summed E-state index contributed by atoms with van der Waals surface area (Å²) in [5.74, 6) is 6.07. The number of nitrogens with two attached hydrogens (primary N) is 1. The number of aliphatic hydroxyl groups is 1. The van der Waals surface area contributed by atoms with Crippen molar-refractivity contribution in [2.45, 2.75) is 5.60 Å². The van der Waals surface area contributed by atoms with Crippen molar-refractivity contribution >= 4 is 5.69 Å². The largest absolute Gasteiger partial charge is 0.398 e. The summed E-state index contributed by atoms with van der Waals surface area (Å²) in [7, 11) is 0. The third kappa shape index (κ3) is 3.11. The third-order valence-electron chi connectivity index (χ3n) is 3.70. The average molecular weight is 299 g/mol. The van der Waals surface area contributed by atoms with Crippen molar-refractivity contribution in [3.05, 3.63) is 102 Å². The van der Waals surface area contributed by atoms with Crippen molar-refractivity contribution in [1.29, 1.82) is 0 Å². The van der Waals surface area contributed by atoms with Gasteiger partial charge >= 0.3 is 0 Å². The third-order valence-corrected chi connectivity index (χ3v) is 3.70. The van der Waals surface area contributed by atoms with Crippen molar-refractivity contribution in [1.82, 2.24) is 0 Å². The van der Waals surface area contributed by atoms with E-state index >= 15 is 0 Å². The molecule has 0 fully saturated rings. The molecule has 0 amide bonds. The van der Waals surface area contributed by atoms with Crippen LogP contribution in [-0.4, -0.2) is 5.11 Å². The summed E-state index contributed by atoms with van der Waals surface area (Å²) >= 11 is 0. The van der Waals surface area contributed by atoms with E-state index < -0.39 is 5.60 Å². The number of hydrogen-bond acceptors (Lipinski definition) is 2. The molecule has 0 saturated carbocycles.